The van der Waals surface area contributed by atoms with Crippen molar-refractivity contribution in [3.63, 3.8) is 0 Å². The van der Waals surface area contributed by atoms with Gasteiger partial charge < -0.3 is 11.1 Å². The SMILES string of the molecule is Cc1cccc(CNC(CN)C(C)C)c1Br. The molecule has 0 aliphatic heterocycles. The highest BCUT2D eigenvalue weighted by Gasteiger charge is 2.11. The van der Waals surface area contributed by atoms with Gasteiger partial charge in [0.1, 0.15) is 0 Å². The fraction of sp³-hybridized carbons (Fsp3) is 0.538. The normalized spacial score (nSPS) is 13.1. The summed E-state index contributed by atoms with van der Waals surface area (Å²) in [6.07, 6.45) is 0. The number of nitrogens with two attached hydrogens (primary N) is 1. The molecule has 1 atom stereocenters. The average molecular weight is 285 g/mol. The lowest BCUT2D eigenvalue weighted by molar-refractivity contribution is 0.404. The maximum absolute atomic E-state index is 5.73. The quantitative estimate of drug-likeness (QED) is 0.873. The second-order valence-electron chi connectivity index (χ2n) is 4.52. The summed E-state index contributed by atoms with van der Waals surface area (Å²) in [4.78, 5) is 0. The molecule has 0 aliphatic carbocycles. The smallest absolute Gasteiger partial charge is 0.0249 e. The van der Waals surface area contributed by atoms with Crippen LogP contribution in [0.25, 0.3) is 0 Å². The fourth-order valence-electron chi connectivity index (χ4n) is 1.68. The molecule has 0 spiro atoms. The molecule has 0 aliphatic rings. The summed E-state index contributed by atoms with van der Waals surface area (Å²) in [6.45, 7) is 8.03. The highest BCUT2D eigenvalue weighted by Crippen LogP contribution is 2.21. The zero-order valence-electron chi connectivity index (χ0n) is 10.3. The van der Waals surface area contributed by atoms with Crippen molar-refractivity contribution in [1.82, 2.24) is 5.32 Å². The van der Waals surface area contributed by atoms with Crippen LogP contribution < -0.4 is 11.1 Å². The van der Waals surface area contributed by atoms with Gasteiger partial charge in [0, 0.05) is 23.6 Å². The fourth-order valence-corrected chi connectivity index (χ4v) is 2.08. The molecule has 1 rings (SSSR count). The van der Waals surface area contributed by atoms with E-state index in [1.54, 1.807) is 0 Å². The summed E-state index contributed by atoms with van der Waals surface area (Å²) in [5, 5.41) is 3.50. The standard InChI is InChI=1S/C13H21BrN2/c1-9(2)12(7-15)16-8-11-6-4-5-10(3)13(11)14/h4-6,9,12,16H,7-8,15H2,1-3H3. The molecule has 0 amide bonds. The van der Waals surface area contributed by atoms with Crippen LogP contribution in [0.4, 0.5) is 0 Å². The molecule has 3 N–H and O–H groups in total. The Bertz CT molecular complexity index is 337. The summed E-state index contributed by atoms with van der Waals surface area (Å²) in [7, 11) is 0. The van der Waals surface area contributed by atoms with E-state index in [1.165, 1.54) is 15.6 Å². The zero-order chi connectivity index (χ0) is 12.1. The van der Waals surface area contributed by atoms with E-state index in [4.69, 9.17) is 5.73 Å². The summed E-state index contributed by atoms with van der Waals surface area (Å²) < 4.78 is 1.20. The van der Waals surface area contributed by atoms with Crippen molar-refractivity contribution < 1.29 is 0 Å². The van der Waals surface area contributed by atoms with Crippen molar-refractivity contribution >= 4 is 15.9 Å². The Kier molecular flexibility index (Phi) is 5.46. The predicted octanol–water partition coefficient (Wildman–Crippen LogP) is 2.83. The number of nitrogens with one attached hydrogen (secondary N) is 1. The predicted molar refractivity (Wildman–Crippen MR) is 73.4 cm³/mol. The molecule has 1 aromatic rings. The van der Waals surface area contributed by atoms with Crippen LogP contribution in [0.3, 0.4) is 0 Å². The van der Waals surface area contributed by atoms with Crippen molar-refractivity contribution in [2.45, 2.75) is 33.4 Å². The van der Waals surface area contributed by atoms with Crippen molar-refractivity contribution in [3.8, 4) is 0 Å². The third kappa shape index (κ3) is 3.58. The van der Waals surface area contributed by atoms with Gasteiger partial charge in [0.05, 0.1) is 0 Å². The second-order valence-corrected chi connectivity index (χ2v) is 5.31. The monoisotopic (exact) mass is 284 g/mol. The van der Waals surface area contributed by atoms with Gasteiger partial charge in [0.2, 0.25) is 0 Å². The van der Waals surface area contributed by atoms with Gasteiger partial charge in [-0.2, -0.15) is 0 Å². The molecule has 0 fully saturated rings. The van der Waals surface area contributed by atoms with Crippen molar-refractivity contribution in [1.29, 1.82) is 0 Å². The van der Waals surface area contributed by atoms with Crippen LogP contribution in [0.1, 0.15) is 25.0 Å². The molecule has 16 heavy (non-hydrogen) atoms. The Morgan fingerprint density at radius 1 is 1.38 bits per heavy atom. The lowest BCUT2D eigenvalue weighted by atomic mass is 10.0. The molecule has 90 valence electrons. The Morgan fingerprint density at radius 2 is 2.06 bits per heavy atom. The molecule has 0 bridgehead atoms. The van der Waals surface area contributed by atoms with Crippen LogP contribution in [0.5, 0.6) is 0 Å². The van der Waals surface area contributed by atoms with E-state index in [-0.39, 0.29) is 0 Å². The molecule has 1 unspecified atom stereocenters. The maximum atomic E-state index is 5.73. The molecular formula is C13H21BrN2. The molecule has 2 nitrogen and oxygen atoms in total. The molecule has 3 heteroatoms. The van der Waals surface area contributed by atoms with Gasteiger partial charge in [-0.15, -0.1) is 0 Å². The first kappa shape index (κ1) is 13.7. The summed E-state index contributed by atoms with van der Waals surface area (Å²) in [5.74, 6) is 0.564. The zero-order valence-corrected chi connectivity index (χ0v) is 11.8. The van der Waals surface area contributed by atoms with Crippen LogP contribution >= 0.6 is 15.9 Å². The van der Waals surface area contributed by atoms with Crippen molar-refractivity contribution in [2.24, 2.45) is 11.7 Å². The van der Waals surface area contributed by atoms with E-state index in [0.717, 1.165) is 6.54 Å². The van der Waals surface area contributed by atoms with Gasteiger partial charge in [-0.3, -0.25) is 0 Å². The molecule has 0 aromatic heterocycles. The van der Waals surface area contributed by atoms with E-state index in [9.17, 15) is 0 Å². The lowest BCUT2D eigenvalue weighted by Gasteiger charge is -2.21. The minimum absolute atomic E-state index is 0.382. The van der Waals surface area contributed by atoms with E-state index in [1.807, 2.05) is 0 Å². The molecule has 0 radical (unpaired) electrons. The summed E-state index contributed by atoms with van der Waals surface area (Å²) in [6, 6.07) is 6.71. The van der Waals surface area contributed by atoms with E-state index >= 15 is 0 Å². The topological polar surface area (TPSA) is 38.0 Å². The molecular weight excluding hydrogens is 264 g/mol. The second kappa shape index (κ2) is 6.38. The van der Waals surface area contributed by atoms with Gasteiger partial charge in [-0.05, 0) is 24.0 Å². The van der Waals surface area contributed by atoms with E-state index < -0.39 is 0 Å². The number of halogens is 1. The van der Waals surface area contributed by atoms with Gasteiger partial charge in [0.15, 0.2) is 0 Å². The molecule has 1 aromatic carbocycles. The number of hydrogen-bond donors (Lipinski definition) is 2. The molecule has 0 saturated heterocycles. The first-order valence-electron chi connectivity index (χ1n) is 5.73. The minimum atomic E-state index is 0.382. The first-order valence-corrected chi connectivity index (χ1v) is 6.53. The summed E-state index contributed by atoms with van der Waals surface area (Å²) in [5.41, 5.74) is 8.29. The highest BCUT2D eigenvalue weighted by atomic mass is 79.9. The largest absolute Gasteiger partial charge is 0.329 e. The number of hydrogen-bond acceptors (Lipinski definition) is 2. The third-order valence-electron chi connectivity index (χ3n) is 2.89. The Morgan fingerprint density at radius 3 is 2.62 bits per heavy atom. The van der Waals surface area contributed by atoms with Gasteiger partial charge in [-0.1, -0.05) is 48.0 Å². The van der Waals surface area contributed by atoms with Gasteiger partial charge in [-0.25, -0.2) is 0 Å². The van der Waals surface area contributed by atoms with Crippen LogP contribution in [0.2, 0.25) is 0 Å². The van der Waals surface area contributed by atoms with Crippen molar-refractivity contribution in [3.05, 3.63) is 33.8 Å². The van der Waals surface area contributed by atoms with Gasteiger partial charge >= 0.3 is 0 Å². The Labute approximate surface area is 107 Å². The highest BCUT2D eigenvalue weighted by molar-refractivity contribution is 9.10. The number of aryl methyl sites for hydroxylation is 1. The maximum Gasteiger partial charge on any atom is 0.0249 e. The lowest BCUT2D eigenvalue weighted by Crippen LogP contribution is -2.39. The Hall–Kier alpha value is -0.380. The molecule has 0 saturated carbocycles. The van der Waals surface area contributed by atoms with E-state index in [0.29, 0.717) is 18.5 Å². The van der Waals surface area contributed by atoms with Crippen LogP contribution in [-0.4, -0.2) is 12.6 Å². The minimum Gasteiger partial charge on any atom is -0.329 e. The first-order chi connectivity index (χ1) is 7.56. The molecule has 0 heterocycles. The van der Waals surface area contributed by atoms with E-state index in [2.05, 4.69) is 60.2 Å². The number of rotatable bonds is 5. The van der Waals surface area contributed by atoms with Gasteiger partial charge in [0.25, 0.3) is 0 Å². The van der Waals surface area contributed by atoms with Crippen LogP contribution in [0.15, 0.2) is 22.7 Å². The van der Waals surface area contributed by atoms with Crippen molar-refractivity contribution in [2.75, 3.05) is 6.54 Å². The Balaban J connectivity index is 2.64. The summed E-state index contributed by atoms with van der Waals surface area (Å²) >= 11 is 3.62. The number of benzene rings is 1. The van der Waals surface area contributed by atoms with Crippen LogP contribution in [0, 0.1) is 12.8 Å². The average Bonchev–Trinajstić information content (AvgIpc) is 2.24. The van der Waals surface area contributed by atoms with Crippen LogP contribution in [-0.2, 0) is 6.54 Å². The third-order valence-corrected chi connectivity index (χ3v) is 4.02.